The summed E-state index contributed by atoms with van der Waals surface area (Å²) < 4.78 is 11.3. The molecule has 0 amide bonds. The molecule has 1 unspecified atom stereocenters. The van der Waals surface area contributed by atoms with Gasteiger partial charge in [-0.1, -0.05) is 19.1 Å². The lowest BCUT2D eigenvalue weighted by Crippen LogP contribution is -2.46. The summed E-state index contributed by atoms with van der Waals surface area (Å²) in [5.41, 5.74) is 6.70. The molecule has 0 bridgehead atoms. The molecule has 1 fully saturated rings. The van der Waals surface area contributed by atoms with E-state index in [1.165, 1.54) is 0 Å². The molecule has 1 saturated heterocycles. The summed E-state index contributed by atoms with van der Waals surface area (Å²) in [5, 5.41) is 0. The summed E-state index contributed by atoms with van der Waals surface area (Å²) in [6.45, 7) is 7.15. The lowest BCUT2D eigenvalue weighted by atomic mass is 10.2. The van der Waals surface area contributed by atoms with Crippen LogP contribution in [-0.2, 0) is 11.3 Å². The Morgan fingerprint density at radius 2 is 2.16 bits per heavy atom. The second-order valence-electron chi connectivity index (χ2n) is 4.87. The third-order valence-corrected chi connectivity index (χ3v) is 3.63. The number of nitrogens with zero attached hydrogens (tertiary/aromatic N) is 1. The van der Waals surface area contributed by atoms with E-state index in [1.54, 1.807) is 0 Å². The highest BCUT2D eigenvalue weighted by atomic mass is 16.5. The first kappa shape index (κ1) is 14.3. The first-order valence-corrected chi connectivity index (χ1v) is 7.07. The van der Waals surface area contributed by atoms with Gasteiger partial charge in [-0.25, -0.2) is 0 Å². The van der Waals surface area contributed by atoms with Gasteiger partial charge in [0.2, 0.25) is 0 Å². The molecule has 4 heteroatoms. The van der Waals surface area contributed by atoms with Crippen LogP contribution in [-0.4, -0.2) is 43.9 Å². The molecule has 1 aliphatic rings. The minimum Gasteiger partial charge on any atom is -0.492 e. The van der Waals surface area contributed by atoms with E-state index < -0.39 is 0 Å². The van der Waals surface area contributed by atoms with E-state index in [0.717, 1.165) is 50.6 Å². The molecule has 1 atom stereocenters. The highest BCUT2D eigenvalue weighted by Crippen LogP contribution is 2.13. The second-order valence-corrected chi connectivity index (χ2v) is 4.87. The Morgan fingerprint density at radius 3 is 2.84 bits per heavy atom. The molecule has 19 heavy (non-hydrogen) atoms. The van der Waals surface area contributed by atoms with Crippen LogP contribution in [0.2, 0.25) is 0 Å². The monoisotopic (exact) mass is 264 g/mol. The SMILES string of the molecule is CCC1COCCN1CCOc1ccc(CN)cc1. The molecule has 1 aliphatic heterocycles. The maximum absolute atomic E-state index is 5.78. The van der Waals surface area contributed by atoms with Crippen LogP contribution in [0.5, 0.6) is 5.75 Å². The van der Waals surface area contributed by atoms with Crippen LogP contribution in [0.25, 0.3) is 0 Å². The fraction of sp³-hybridized carbons (Fsp3) is 0.600. The van der Waals surface area contributed by atoms with E-state index >= 15 is 0 Å². The summed E-state index contributed by atoms with van der Waals surface area (Å²) in [4.78, 5) is 2.46. The smallest absolute Gasteiger partial charge is 0.119 e. The van der Waals surface area contributed by atoms with Crippen molar-refractivity contribution in [3.8, 4) is 5.75 Å². The Balaban J connectivity index is 1.75. The van der Waals surface area contributed by atoms with Crippen LogP contribution >= 0.6 is 0 Å². The van der Waals surface area contributed by atoms with E-state index in [9.17, 15) is 0 Å². The Labute approximate surface area is 115 Å². The quantitative estimate of drug-likeness (QED) is 0.848. The van der Waals surface area contributed by atoms with Gasteiger partial charge in [-0.2, -0.15) is 0 Å². The Kier molecular flexibility index (Phi) is 5.63. The molecule has 2 N–H and O–H groups in total. The molecule has 0 aliphatic carbocycles. The summed E-state index contributed by atoms with van der Waals surface area (Å²) in [7, 11) is 0. The number of hydrogen-bond donors (Lipinski definition) is 1. The largest absolute Gasteiger partial charge is 0.492 e. The molecule has 0 radical (unpaired) electrons. The molecule has 0 spiro atoms. The van der Waals surface area contributed by atoms with Crippen LogP contribution in [0, 0.1) is 0 Å². The molecular weight excluding hydrogens is 240 g/mol. The number of hydrogen-bond acceptors (Lipinski definition) is 4. The maximum Gasteiger partial charge on any atom is 0.119 e. The minimum atomic E-state index is 0.539. The van der Waals surface area contributed by atoms with Crippen molar-refractivity contribution in [1.29, 1.82) is 0 Å². The van der Waals surface area contributed by atoms with Crippen molar-refractivity contribution in [2.75, 3.05) is 32.9 Å². The van der Waals surface area contributed by atoms with Gasteiger partial charge >= 0.3 is 0 Å². The lowest BCUT2D eigenvalue weighted by molar-refractivity contribution is -0.0132. The van der Waals surface area contributed by atoms with Crippen LogP contribution in [0.4, 0.5) is 0 Å². The van der Waals surface area contributed by atoms with Gasteiger partial charge in [-0.05, 0) is 24.1 Å². The van der Waals surface area contributed by atoms with Gasteiger partial charge in [0.1, 0.15) is 12.4 Å². The van der Waals surface area contributed by atoms with E-state index in [4.69, 9.17) is 15.2 Å². The van der Waals surface area contributed by atoms with Gasteiger partial charge in [0.15, 0.2) is 0 Å². The van der Waals surface area contributed by atoms with E-state index in [1.807, 2.05) is 24.3 Å². The summed E-state index contributed by atoms with van der Waals surface area (Å²) in [6.07, 6.45) is 1.13. The summed E-state index contributed by atoms with van der Waals surface area (Å²) in [6, 6.07) is 8.53. The first-order valence-electron chi connectivity index (χ1n) is 7.07. The third kappa shape index (κ3) is 4.20. The third-order valence-electron chi connectivity index (χ3n) is 3.63. The highest BCUT2D eigenvalue weighted by molar-refractivity contribution is 5.27. The molecule has 0 saturated carbocycles. The van der Waals surface area contributed by atoms with Crippen molar-refractivity contribution in [3.05, 3.63) is 29.8 Å². The van der Waals surface area contributed by atoms with Crippen LogP contribution in [0.1, 0.15) is 18.9 Å². The molecule has 1 aromatic rings. The van der Waals surface area contributed by atoms with Crippen molar-refractivity contribution in [2.24, 2.45) is 5.73 Å². The predicted molar refractivity (Wildman–Crippen MR) is 76.3 cm³/mol. The molecule has 1 aromatic carbocycles. The van der Waals surface area contributed by atoms with Gasteiger partial charge in [-0.15, -0.1) is 0 Å². The summed E-state index contributed by atoms with van der Waals surface area (Å²) >= 11 is 0. The van der Waals surface area contributed by atoms with E-state index in [-0.39, 0.29) is 0 Å². The Bertz CT molecular complexity index is 367. The zero-order valence-corrected chi connectivity index (χ0v) is 11.7. The normalized spacial score (nSPS) is 20.4. The van der Waals surface area contributed by atoms with Crippen LogP contribution in [0.15, 0.2) is 24.3 Å². The van der Waals surface area contributed by atoms with Gasteiger partial charge in [-0.3, -0.25) is 4.90 Å². The predicted octanol–water partition coefficient (Wildman–Crippen LogP) is 1.63. The van der Waals surface area contributed by atoms with Crippen LogP contribution < -0.4 is 10.5 Å². The van der Waals surface area contributed by atoms with E-state index in [0.29, 0.717) is 12.6 Å². The van der Waals surface area contributed by atoms with Crippen molar-refractivity contribution in [3.63, 3.8) is 0 Å². The average molecular weight is 264 g/mol. The molecule has 106 valence electrons. The van der Waals surface area contributed by atoms with Gasteiger partial charge < -0.3 is 15.2 Å². The average Bonchev–Trinajstić information content (AvgIpc) is 2.48. The number of rotatable bonds is 6. The fourth-order valence-corrected chi connectivity index (χ4v) is 2.36. The highest BCUT2D eigenvalue weighted by Gasteiger charge is 2.20. The Morgan fingerprint density at radius 1 is 1.37 bits per heavy atom. The topological polar surface area (TPSA) is 47.7 Å². The number of benzene rings is 1. The first-order chi connectivity index (χ1) is 9.33. The second kappa shape index (κ2) is 7.48. The summed E-state index contributed by atoms with van der Waals surface area (Å²) in [5.74, 6) is 0.915. The number of morpholine rings is 1. The van der Waals surface area contributed by atoms with Crippen LogP contribution in [0.3, 0.4) is 0 Å². The van der Waals surface area contributed by atoms with Gasteiger partial charge in [0, 0.05) is 25.7 Å². The molecule has 2 rings (SSSR count). The maximum atomic E-state index is 5.78. The molecule has 4 nitrogen and oxygen atoms in total. The lowest BCUT2D eigenvalue weighted by Gasteiger charge is -2.34. The van der Waals surface area contributed by atoms with Crippen molar-refractivity contribution in [2.45, 2.75) is 25.9 Å². The van der Waals surface area contributed by atoms with Crippen molar-refractivity contribution in [1.82, 2.24) is 4.90 Å². The number of nitrogens with two attached hydrogens (primary N) is 1. The zero-order chi connectivity index (χ0) is 13.5. The number of ether oxygens (including phenoxy) is 2. The molecule has 1 heterocycles. The zero-order valence-electron chi connectivity index (χ0n) is 11.7. The van der Waals surface area contributed by atoms with E-state index in [2.05, 4.69) is 11.8 Å². The molecular formula is C15H24N2O2. The van der Waals surface area contributed by atoms with Crippen molar-refractivity contribution >= 4 is 0 Å². The molecule has 0 aromatic heterocycles. The van der Waals surface area contributed by atoms with Crippen molar-refractivity contribution < 1.29 is 9.47 Å². The standard InChI is InChI=1S/C15H24N2O2/c1-2-14-12-18-9-7-17(14)8-10-19-15-5-3-13(11-16)4-6-15/h3-6,14H,2,7-12,16H2,1H3. The Hall–Kier alpha value is -1.10. The van der Waals surface area contributed by atoms with Gasteiger partial charge in [0.05, 0.1) is 13.2 Å². The fourth-order valence-electron chi connectivity index (χ4n) is 2.36. The van der Waals surface area contributed by atoms with Gasteiger partial charge in [0.25, 0.3) is 0 Å². The minimum absolute atomic E-state index is 0.539.